The van der Waals surface area contributed by atoms with E-state index in [1.165, 1.54) is 16.7 Å². The highest BCUT2D eigenvalue weighted by atomic mass is 14.9. The molecule has 0 saturated carbocycles. The van der Waals surface area contributed by atoms with Crippen molar-refractivity contribution < 1.29 is 0 Å². The summed E-state index contributed by atoms with van der Waals surface area (Å²) in [7, 11) is 0. The molecular weight excluding hydrogens is 232 g/mol. The van der Waals surface area contributed by atoms with Crippen molar-refractivity contribution in [2.45, 2.75) is 53.5 Å². The molecule has 1 rings (SSSR count). The van der Waals surface area contributed by atoms with Crippen LogP contribution >= 0.6 is 0 Å². The normalized spacial score (nSPS) is 13.1. The molecule has 0 aliphatic rings. The zero-order valence-electron chi connectivity index (χ0n) is 12.9. The minimum Gasteiger partial charge on any atom is -0.310 e. The fraction of sp³-hybridized carbons (Fsp3) is 0.588. The molecule has 0 spiro atoms. The molecule has 19 heavy (non-hydrogen) atoms. The van der Waals surface area contributed by atoms with Crippen LogP contribution in [-0.2, 0) is 0 Å². The van der Waals surface area contributed by atoms with Crippen LogP contribution in [-0.4, -0.2) is 6.54 Å². The van der Waals surface area contributed by atoms with Gasteiger partial charge in [-0.2, -0.15) is 5.26 Å². The Morgan fingerprint density at radius 1 is 1.32 bits per heavy atom. The summed E-state index contributed by atoms with van der Waals surface area (Å²) in [5, 5.41) is 12.3. The third-order valence-corrected chi connectivity index (χ3v) is 3.69. The third-order valence-electron chi connectivity index (χ3n) is 3.69. The fourth-order valence-corrected chi connectivity index (χ4v) is 2.33. The Bertz CT molecular complexity index is 455. The van der Waals surface area contributed by atoms with Crippen LogP contribution in [0.1, 0.15) is 56.3 Å². The molecule has 0 radical (unpaired) electrons. The van der Waals surface area contributed by atoms with Gasteiger partial charge in [-0.3, -0.25) is 0 Å². The lowest BCUT2D eigenvalue weighted by molar-refractivity contribution is 0.304. The van der Waals surface area contributed by atoms with Gasteiger partial charge in [0.25, 0.3) is 0 Å². The van der Waals surface area contributed by atoms with E-state index in [9.17, 15) is 0 Å². The Balaban J connectivity index is 2.60. The van der Waals surface area contributed by atoms with E-state index in [0.29, 0.717) is 12.5 Å². The SMILES string of the molecule is Cc1ccc(C(C)NCC(C)(C)CCC#N)c(C)c1. The van der Waals surface area contributed by atoms with E-state index in [4.69, 9.17) is 5.26 Å². The molecule has 1 aromatic carbocycles. The van der Waals surface area contributed by atoms with Crippen molar-refractivity contribution >= 4 is 0 Å². The average molecular weight is 258 g/mol. The van der Waals surface area contributed by atoms with Crippen molar-refractivity contribution in [3.05, 3.63) is 34.9 Å². The van der Waals surface area contributed by atoms with Crippen LogP contribution in [0, 0.1) is 30.6 Å². The van der Waals surface area contributed by atoms with Crippen molar-refractivity contribution in [1.29, 1.82) is 5.26 Å². The highest BCUT2D eigenvalue weighted by molar-refractivity contribution is 5.32. The molecule has 0 fully saturated rings. The molecule has 1 atom stereocenters. The van der Waals surface area contributed by atoms with Gasteiger partial charge in [-0.15, -0.1) is 0 Å². The van der Waals surface area contributed by atoms with Gasteiger partial charge in [-0.1, -0.05) is 37.6 Å². The van der Waals surface area contributed by atoms with Crippen LogP contribution in [0.25, 0.3) is 0 Å². The predicted octanol–water partition coefficient (Wildman–Crippen LogP) is 4.28. The fourth-order valence-electron chi connectivity index (χ4n) is 2.33. The molecule has 1 unspecified atom stereocenters. The van der Waals surface area contributed by atoms with Gasteiger partial charge < -0.3 is 5.32 Å². The molecule has 0 amide bonds. The van der Waals surface area contributed by atoms with Crippen molar-refractivity contribution in [2.24, 2.45) is 5.41 Å². The summed E-state index contributed by atoms with van der Waals surface area (Å²) >= 11 is 0. The number of aryl methyl sites for hydroxylation is 2. The number of nitrogens with one attached hydrogen (secondary N) is 1. The first kappa shape index (κ1) is 15.7. The lowest BCUT2D eigenvalue weighted by Gasteiger charge is -2.27. The summed E-state index contributed by atoms with van der Waals surface area (Å²) < 4.78 is 0. The highest BCUT2D eigenvalue weighted by Gasteiger charge is 2.19. The zero-order valence-corrected chi connectivity index (χ0v) is 12.9. The Hall–Kier alpha value is -1.33. The number of benzene rings is 1. The minimum atomic E-state index is 0.169. The van der Waals surface area contributed by atoms with Gasteiger partial charge in [0.05, 0.1) is 6.07 Å². The zero-order chi connectivity index (χ0) is 14.5. The van der Waals surface area contributed by atoms with Crippen molar-refractivity contribution in [3.63, 3.8) is 0 Å². The highest BCUT2D eigenvalue weighted by Crippen LogP contribution is 2.24. The summed E-state index contributed by atoms with van der Waals surface area (Å²) in [6.45, 7) is 11.9. The first-order valence-corrected chi connectivity index (χ1v) is 7.03. The molecule has 104 valence electrons. The number of hydrogen-bond donors (Lipinski definition) is 1. The van der Waals surface area contributed by atoms with E-state index >= 15 is 0 Å². The number of hydrogen-bond acceptors (Lipinski definition) is 2. The van der Waals surface area contributed by atoms with Gasteiger partial charge in [0.2, 0.25) is 0 Å². The maximum Gasteiger partial charge on any atom is 0.0621 e. The van der Waals surface area contributed by atoms with Crippen molar-refractivity contribution in [3.8, 4) is 6.07 Å². The predicted molar refractivity (Wildman–Crippen MR) is 81.0 cm³/mol. The molecule has 0 saturated heterocycles. The van der Waals surface area contributed by atoms with E-state index < -0.39 is 0 Å². The van der Waals surface area contributed by atoms with Crippen LogP contribution in [0.2, 0.25) is 0 Å². The second-order valence-corrected chi connectivity index (χ2v) is 6.28. The van der Waals surface area contributed by atoms with E-state index in [1.807, 2.05) is 0 Å². The smallest absolute Gasteiger partial charge is 0.0621 e. The second-order valence-electron chi connectivity index (χ2n) is 6.28. The largest absolute Gasteiger partial charge is 0.310 e. The standard InChI is InChI=1S/C17H26N2/c1-13-7-8-16(14(2)11-13)15(3)19-12-17(4,5)9-6-10-18/h7-8,11,15,19H,6,9,12H2,1-5H3. The lowest BCUT2D eigenvalue weighted by atomic mass is 9.87. The molecule has 0 bridgehead atoms. The van der Waals surface area contributed by atoms with E-state index in [2.05, 4.69) is 64.2 Å². The second kappa shape index (κ2) is 6.73. The summed E-state index contributed by atoms with van der Waals surface area (Å²) in [6, 6.07) is 9.19. The summed E-state index contributed by atoms with van der Waals surface area (Å²) in [5.41, 5.74) is 4.18. The number of nitriles is 1. The summed E-state index contributed by atoms with van der Waals surface area (Å²) in [5.74, 6) is 0. The monoisotopic (exact) mass is 258 g/mol. The van der Waals surface area contributed by atoms with E-state index in [0.717, 1.165) is 13.0 Å². The van der Waals surface area contributed by atoms with Gasteiger partial charge in [0.1, 0.15) is 0 Å². The average Bonchev–Trinajstić information content (AvgIpc) is 2.34. The van der Waals surface area contributed by atoms with Crippen LogP contribution in [0.4, 0.5) is 0 Å². The maximum atomic E-state index is 8.68. The van der Waals surface area contributed by atoms with Gasteiger partial charge in [0, 0.05) is 19.0 Å². The third kappa shape index (κ3) is 5.04. The first-order chi connectivity index (χ1) is 8.85. The molecule has 0 aromatic heterocycles. The molecule has 1 aromatic rings. The van der Waals surface area contributed by atoms with Crippen LogP contribution < -0.4 is 5.32 Å². The van der Waals surface area contributed by atoms with Crippen LogP contribution in [0.15, 0.2) is 18.2 Å². The van der Waals surface area contributed by atoms with E-state index in [1.54, 1.807) is 0 Å². The topological polar surface area (TPSA) is 35.8 Å². The minimum absolute atomic E-state index is 0.169. The lowest BCUT2D eigenvalue weighted by Crippen LogP contribution is -2.31. The van der Waals surface area contributed by atoms with Crippen LogP contribution in [0.5, 0.6) is 0 Å². The number of nitrogens with zero attached hydrogens (tertiary/aromatic N) is 1. The van der Waals surface area contributed by atoms with Gasteiger partial charge in [0.15, 0.2) is 0 Å². The Morgan fingerprint density at radius 3 is 2.58 bits per heavy atom. The Kier molecular flexibility index (Phi) is 5.57. The molecule has 0 aliphatic heterocycles. The number of rotatable bonds is 6. The van der Waals surface area contributed by atoms with Crippen molar-refractivity contribution in [1.82, 2.24) is 5.32 Å². The Labute approximate surface area is 117 Å². The molecule has 0 aliphatic carbocycles. The first-order valence-electron chi connectivity index (χ1n) is 7.03. The Morgan fingerprint density at radius 2 is 2.00 bits per heavy atom. The van der Waals surface area contributed by atoms with Crippen molar-refractivity contribution in [2.75, 3.05) is 6.54 Å². The van der Waals surface area contributed by atoms with E-state index in [-0.39, 0.29) is 5.41 Å². The van der Waals surface area contributed by atoms with Gasteiger partial charge in [-0.05, 0) is 43.7 Å². The molecule has 0 heterocycles. The quantitative estimate of drug-likeness (QED) is 0.826. The molecular formula is C17H26N2. The van der Waals surface area contributed by atoms with Gasteiger partial charge in [-0.25, -0.2) is 0 Å². The van der Waals surface area contributed by atoms with Gasteiger partial charge >= 0.3 is 0 Å². The molecule has 1 N–H and O–H groups in total. The summed E-state index contributed by atoms with van der Waals surface area (Å²) in [6.07, 6.45) is 1.57. The molecule has 2 heteroatoms. The van der Waals surface area contributed by atoms with Crippen LogP contribution in [0.3, 0.4) is 0 Å². The maximum absolute atomic E-state index is 8.68. The molecule has 2 nitrogen and oxygen atoms in total. The summed E-state index contributed by atoms with van der Waals surface area (Å²) in [4.78, 5) is 0.